The fraction of sp³-hybridized carbons (Fsp3) is 0.933. The molecule has 0 spiro atoms. The van der Waals surface area contributed by atoms with Gasteiger partial charge in [0.2, 0.25) is 0 Å². The average molecular weight is 268 g/mol. The number of hydrogen-bond acceptors (Lipinski definition) is 3. The van der Waals surface area contributed by atoms with Crippen molar-refractivity contribution in [3.63, 3.8) is 0 Å². The van der Waals surface area contributed by atoms with Gasteiger partial charge in [-0.3, -0.25) is 9.69 Å². The molecule has 0 radical (unpaired) electrons. The summed E-state index contributed by atoms with van der Waals surface area (Å²) in [5.41, 5.74) is 0.372. The Bertz CT molecular complexity index is 332. The van der Waals surface area contributed by atoms with Gasteiger partial charge in [0.05, 0.1) is 0 Å². The highest BCUT2D eigenvalue weighted by molar-refractivity contribution is 5.74. The number of piperazine rings is 1. The van der Waals surface area contributed by atoms with Crippen LogP contribution in [0.1, 0.15) is 46.5 Å². The van der Waals surface area contributed by atoms with Gasteiger partial charge in [0.15, 0.2) is 0 Å². The Morgan fingerprint density at radius 1 is 1.47 bits per heavy atom. The van der Waals surface area contributed by atoms with Crippen molar-refractivity contribution in [1.29, 1.82) is 0 Å². The van der Waals surface area contributed by atoms with Gasteiger partial charge in [-0.2, -0.15) is 0 Å². The van der Waals surface area contributed by atoms with E-state index in [1.54, 1.807) is 0 Å². The van der Waals surface area contributed by atoms with Crippen molar-refractivity contribution >= 4 is 5.97 Å². The second kappa shape index (κ2) is 5.80. The van der Waals surface area contributed by atoms with Crippen LogP contribution in [0.5, 0.6) is 0 Å². The van der Waals surface area contributed by atoms with Crippen LogP contribution in [-0.4, -0.2) is 47.7 Å². The molecule has 4 nitrogen and oxygen atoms in total. The maximum absolute atomic E-state index is 11.4. The maximum Gasteiger partial charge on any atom is 0.322 e. The summed E-state index contributed by atoms with van der Waals surface area (Å²) in [6, 6.07) is 0.109. The Hall–Kier alpha value is -0.610. The zero-order valence-electron chi connectivity index (χ0n) is 12.5. The molecule has 0 aromatic rings. The van der Waals surface area contributed by atoms with Crippen LogP contribution in [0.4, 0.5) is 0 Å². The first-order chi connectivity index (χ1) is 8.94. The Balaban J connectivity index is 2.09. The molecule has 1 saturated heterocycles. The number of carboxylic acids is 1. The molecule has 2 fully saturated rings. The fourth-order valence-electron chi connectivity index (χ4n) is 3.68. The molecule has 1 heterocycles. The van der Waals surface area contributed by atoms with E-state index in [4.69, 9.17) is 0 Å². The van der Waals surface area contributed by atoms with Gasteiger partial charge < -0.3 is 10.4 Å². The number of carboxylic acid groups (broad SMARTS) is 1. The number of aliphatic carboxylic acids is 1. The zero-order chi connectivity index (χ0) is 14.0. The highest BCUT2D eigenvalue weighted by Crippen LogP contribution is 2.43. The minimum absolute atomic E-state index is 0.340. The van der Waals surface area contributed by atoms with Crippen molar-refractivity contribution in [2.75, 3.05) is 19.6 Å². The van der Waals surface area contributed by atoms with E-state index >= 15 is 0 Å². The third-order valence-electron chi connectivity index (χ3n) is 5.42. The molecule has 3 atom stereocenters. The van der Waals surface area contributed by atoms with Crippen LogP contribution >= 0.6 is 0 Å². The van der Waals surface area contributed by atoms with Crippen LogP contribution in [0.3, 0.4) is 0 Å². The molecule has 19 heavy (non-hydrogen) atoms. The molecule has 0 bridgehead atoms. The standard InChI is InChI=1S/C15H28N2O2/c1-11(2)15(3)6-4-5-12(9-15)17-8-7-16-10-13(17)14(18)19/h11-13,16H,4-10H2,1-3H3,(H,18,19)/t12?,13-,15?/m1/s1. The molecule has 2 N–H and O–H groups in total. The summed E-state index contributed by atoms with van der Waals surface area (Å²) in [4.78, 5) is 13.7. The van der Waals surface area contributed by atoms with E-state index in [0.29, 0.717) is 23.9 Å². The molecular formula is C15H28N2O2. The fourth-order valence-corrected chi connectivity index (χ4v) is 3.68. The molecule has 1 saturated carbocycles. The highest BCUT2D eigenvalue weighted by Gasteiger charge is 2.40. The second-order valence-corrected chi connectivity index (χ2v) is 6.85. The van der Waals surface area contributed by atoms with Crippen LogP contribution in [0.15, 0.2) is 0 Å². The molecule has 110 valence electrons. The van der Waals surface area contributed by atoms with E-state index in [1.807, 2.05) is 0 Å². The van der Waals surface area contributed by atoms with Crippen molar-refractivity contribution in [3.05, 3.63) is 0 Å². The number of rotatable bonds is 3. The van der Waals surface area contributed by atoms with Gasteiger partial charge in [0.1, 0.15) is 6.04 Å². The van der Waals surface area contributed by atoms with E-state index in [0.717, 1.165) is 25.9 Å². The smallest absolute Gasteiger partial charge is 0.322 e. The molecule has 1 aliphatic heterocycles. The molecule has 0 aromatic heterocycles. The Morgan fingerprint density at radius 3 is 2.84 bits per heavy atom. The number of nitrogens with one attached hydrogen (secondary N) is 1. The monoisotopic (exact) mass is 268 g/mol. The molecule has 1 aliphatic carbocycles. The highest BCUT2D eigenvalue weighted by atomic mass is 16.4. The average Bonchev–Trinajstić information content (AvgIpc) is 2.38. The number of carbonyl (C=O) groups is 1. The van der Waals surface area contributed by atoms with Crippen LogP contribution in [-0.2, 0) is 4.79 Å². The molecule has 2 aliphatic rings. The normalized spacial score (nSPS) is 37.5. The van der Waals surface area contributed by atoms with E-state index in [-0.39, 0.29) is 6.04 Å². The summed E-state index contributed by atoms with van der Waals surface area (Å²) in [7, 11) is 0. The summed E-state index contributed by atoms with van der Waals surface area (Å²) in [6.45, 7) is 9.35. The summed E-state index contributed by atoms with van der Waals surface area (Å²) < 4.78 is 0. The third-order valence-corrected chi connectivity index (χ3v) is 5.42. The first kappa shape index (κ1) is 14.8. The van der Waals surface area contributed by atoms with Gasteiger partial charge in [-0.15, -0.1) is 0 Å². The summed E-state index contributed by atoms with van der Waals surface area (Å²) in [6.07, 6.45) is 4.82. The molecule has 0 aromatic carbocycles. The topological polar surface area (TPSA) is 52.6 Å². The first-order valence-electron chi connectivity index (χ1n) is 7.63. The minimum Gasteiger partial charge on any atom is -0.480 e. The SMILES string of the molecule is CC(C)C1(C)CCCC(N2CCNC[C@@H]2C(=O)O)C1. The third kappa shape index (κ3) is 3.11. The maximum atomic E-state index is 11.4. The van der Waals surface area contributed by atoms with Crippen molar-refractivity contribution in [3.8, 4) is 0 Å². The lowest BCUT2D eigenvalue weighted by Crippen LogP contribution is -2.59. The second-order valence-electron chi connectivity index (χ2n) is 6.85. The van der Waals surface area contributed by atoms with Crippen LogP contribution in [0.25, 0.3) is 0 Å². The molecular weight excluding hydrogens is 240 g/mol. The molecule has 4 heteroatoms. The van der Waals surface area contributed by atoms with E-state index in [2.05, 4.69) is 31.0 Å². The first-order valence-corrected chi connectivity index (χ1v) is 7.63. The van der Waals surface area contributed by atoms with Crippen molar-refractivity contribution in [2.24, 2.45) is 11.3 Å². The quantitative estimate of drug-likeness (QED) is 0.821. The van der Waals surface area contributed by atoms with Crippen LogP contribution in [0.2, 0.25) is 0 Å². The Kier molecular flexibility index (Phi) is 4.51. The van der Waals surface area contributed by atoms with Crippen LogP contribution in [0, 0.1) is 11.3 Å². The molecule has 2 rings (SSSR count). The van der Waals surface area contributed by atoms with Crippen molar-refractivity contribution in [1.82, 2.24) is 10.2 Å². The van der Waals surface area contributed by atoms with Crippen molar-refractivity contribution in [2.45, 2.75) is 58.5 Å². The van der Waals surface area contributed by atoms with Gasteiger partial charge in [-0.05, 0) is 30.6 Å². The summed E-state index contributed by atoms with van der Waals surface area (Å²) >= 11 is 0. The van der Waals surface area contributed by atoms with Gasteiger partial charge in [-0.25, -0.2) is 0 Å². The number of nitrogens with zero attached hydrogens (tertiary/aromatic N) is 1. The van der Waals surface area contributed by atoms with E-state index in [1.165, 1.54) is 12.8 Å². The van der Waals surface area contributed by atoms with Gasteiger partial charge in [0, 0.05) is 25.7 Å². The lowest BCUT2D eigenvalue weighted by molar-refractivity contribution is -0.146. The van der Waals surface area contributed by atoms with E-state index in [9.17, 15) is 9.90 Å². The Labute approximate surface area is 116 Å². The van der Waals surface area contributed by atoms with Crippen LogP contribution < -0.4 is 5.32 Å². The lowest BCUT2D eigenvalue weighted by Gasteiger charge is -2.48. The molecule has 0 amide bonds. The molecule has 2 unspecified atom stereocenters. The van der Waals surface area contributed by atoms with Crippen molar-refractivity contribution < 1.29 is 9.90 Å². The summed E-state index contributed by atoms with van der Waals surface area (Å²) in [5, 5.41) is 12.6. The zero-order valence-corrected chi connectivity index (χ0v) is 12.5. The minimum atomic E-state index is -0.677. The largest absolute Gasteiger partial charge is 0.480 e. The lowest BCUT2D eigenvalue weighted by atomic mass is 9.66. The predicted octanol–water partition coefficient (Wildman–Crippen LogP) is 1.95. The van der Waals surface area contributed by atoms with Gasteiger partial charge in [-0.1, -0.05) is 27.2 Å². The van der Waals surface area contributed by atoms with Gasteiger partial charge >= 0.3 is 5.97 Å². The predicted molar refractivity (Wildman–Crippen MR) is 76.2 cm³/mol. The number of hydrogen-bond donors (Lipinski definition) is 2. The van der Waals surface area contributed by atoms with E-state index < -0.39 is 5.97 Å². The Morgan fingerprint density at radius 2 is 2.21 bits per heavy atom. The van der Waals surface area contributed by atoms with Gasteiger partial charge in [0.25, 0.3) is 0 Å². The summed E-state index contributed by atoms with van der Waals surface area (Å²) in [5.74, 6) is -0.00878.